The van der Waals surface area contributed by atoms with E-state index in [1.807, 2.05) is 25.1 Å². The zero-order chi connectivity index (χ0) is 18.8. The van der Waals surface area contributed by atoms with Gasteiger partial charge in [0.15, 0.2) is 0 Å². The minimum Gasteiger partial charge on any atom is -0.478 e. The van der Waals surface area contributed by atoms with Gasteiger partial charge in [0.1, 0.15) is 17.1 Å². The average Bonchev–Trinajstić information content (AvgIpc) is 2.61. The van der Waals surface area contributed by atoms with E-state index < -0.39 is 17.4 Å². The van der Waals surface area contributed by atoms with Crippen molar-refractivity contribution in [3.8, 4) is 17.2 Å². The highest BCUT2D eigenvalue weighted by Crippen LogP contribution is 2.29. The Bertz CT molecular complexity index is 992. The van der Waals surface area contributed by atoms with Crippen LogP contribution in [0.4, 0.5) is 0 Å². The number of carboxylic acids is 1. The molecule has 1 unspecified atom stereocenters. The van der Waals surface area contributed by atoms with Gasteiger partial charge in [-0.3, -0.25) is 4.79 Å². The molecule has 0 spiro atoms. The Labute approximate surface area is 155 Å². The van der Waals surface area contributed by atoms with Crippen LogP contribution in [0.5, 0.6) is 0 Å². The molecule has 0 saturated heterocycles. The highest BCUT2D eigenvalue weighted by molar-refractivity contribution is 7.80. The summed E-state index contributed by atoms with van der Waals surface area (Å²) in [5.74, 6) is -1.49. The fourth-order valence-corrected chi connectivity index (χ4v) is 3.04. The van der Waals surface area contributed by atoms with Crippen molar-refractivity contribution in [1.82, 2.24) is 10.6 Å². The molecule has 0 aliphatic carbocycles. The molecule has 1 aliphatic heterocycles. The summed E-state index contributed by atoms with van der Waals surface area (Å²) in [6.07, 6.45) is 0. The number of hydrogen-bond donors (Lipinski definition) is 4. The lowest BCUT2D eigenvalue weighted by atomic mass is 9.95. The Kier molecular flexibility index (Phi) is 4.69. The van der Waals surface area contributed by atoms with E-state index in [-0.39, 0.29) is 11.1 Å². The second kappa shape index (κ2) is 6.94. The van der Waals surface area contributed by atoms with Crippen molar-refractivity contribution in [1.29, 1.82) is 5.26 Å². The van der Waals surface area contributed by atoms with Crippen LogP contribution in [0.3, 0.4) is 0 Å². The van der Waals surface area contributed by atoms with E-state index in [4.69, 9.17) is 0 Å². The molecule has 0 fully saturated rings. The number of nitrogens with zero attached hydrogens (tertiary/aromatic N) is 1. The lowest BCUT2D eigenvalue weighted by molar-refractivity contribution is -0.117. The summed E-state index contributed by atoms with van der Waals surface area (Å²) in [7, 11) is 0. The quantitative estimate of drug-likeness (QED) is 0.626. The van der Waals surface area contributed by atoms with E-state index in [1.54, 1.807) is 30.3 Å². The first-order chi connectivity index (χ1) is 12.4. The molecule has 0 saturated carbocycles. The number of nitriles is 1. The van der Waals surface area contributed by atoms with Gasteiger partial charge in [-0.2, -0.15) is 5.26 Å². The highest BCUT2D eigenvalue weighted by atomic mass is 32.1. The van der Waals surface area contributed by atoms with E-state index in [2.05, 4.69) is 23.3 Å². The molecule has 1 atom stereocenters. The lowest BCUT2D eigenvalue weighted by Crippen LogP contribution is -2.46. The Morgan fingerprint density at radius 1 is 1.19 bits per heavy atom. The Balaban J connectivity index is 2.13. The molecule has 6 nitrogen and oxygen atoms in total. The molecule has 0 radical (unpaired) electrons. The van der Waals surface area contributed by atoms with Crippen LogP contribution in [-0.2, 0) is 4.79 Å². The van der Waals surface area contributed by atoms with E-state index >= 15 is 0 Å². The van der Waals surface area contributed by atoms with E-state index in [9.17, 15) is 20.0 Å². The van der Waals surface area contributed by atoms with Gasteiger partial charge in [0.05, 0.1) is 11.3 Å². The Morgan fingerprint density at radius 3 is 2.62 bits per heavy atom. The van der Waals surface area contributed by atoms with Crippen LogP contribution in [0.2, 0.25) is 0 Å². The number of carbonyl (C=O) groups is 2. The van der Waals surface area contributed by atoms with Gasteiger partial charge in [-0.25, -0.2) is 4.79 Å². The van der Waals surface area contributed by atoms with E-state index in [0.717, 1.165) is 16.7 Å². The number of thiol groups is 1. The van der Waals surface area contributed by atoms with Crippen molar-refractivity contribution in [3.63, 3.8) is 0 Å². The first-order valence-electron chi connectivity index (χ1n) is 7.75. The number of aromatic carboxylic acids is 1. The minimum absolute atomic E-state index is 0.0246. The third-order valence-electron chi connectivity index (χ3n) is 4.08. The van der Waals surface area contributed by atoms with Crippen molar-refractivity contribution in [2.24, 2.45) is 0 Å². The molecule has 3 N–H and O–H groups in total. The minimum atomic E-state index is -1.000. The van der Waals surface area contributed by atoms with Crippen molar-refractivity contribution in [3.05, 3.63) is 64.7 Å². The SMILES string of the molecule is Cc1ccc(C(=O)O)cc1-c1cccc(C2=C(C#N)C(=O)NC(S)N2)c1. The zero-order valence-electron chi connectivity index (χ0n) is 13.8. The molecule has 130 valence electrons. The number of nitrogens with one attached hydrogen (secondary N) is 2. The van der Waals surface area contributed by atoms with Gasteiger partial charge in [0.25, 0.3) is 5.91 Å². The zero-order valence-corrected chi connectivity index (χ0v) is 14.7. The van der Waals surface area contributed by atoms with E-state index in [1.165, 1.54) is 0 Å². The summed E-state index contributed by atoms with van der Waals surface area (Å²) in [6.45, 7) is 1.89. The normalized spacial score (nSPS) is 16.5. The lowest BCUT2D eigenvalue weighted by Gasteiger charge is -2.25. The highest BCUT2D eigenvalue weighted by Gasteiger charge is 2.25. The summed E-state index contributed by atoms with van der Waals surface area (Å²) >= 11 is 4.21. The third-order valence-corrected chi connectivity index (χ3v) is 4.34. The fourth-order valence-electron chi connectivity index (χ4n) is 2.80. The van der Waals surface area contributed by atoms with Crippen LogP contribution < -0.4 is 10.6 Å². The number of aryl methyl sites for hydroxylation is 1. The first-order valence-corrected chi connectivity index (χ1v) is 8.27. The molecule has 0 bridgehead atoms. The number of carbonyl (C=O) groups excluding carboxylic acids is 1. The second-order valence-corrected chi connectivity index (χ2v) is 6.31. The predicted molar refractivity (Wildman–Crippen MR) is 100 cm³/mol. The number of carboxylic acid groups (broad SMARTS) is 1. The maximum absolute atomic E-state index is 12.0. The smallest absolute Gasteiger partial charge is 0.335 e. The topological polar surface area (TPSA) is 102 Å². The molecule has 0 aromatic heterocycles. The van der Waals surface area contributed by atoms with Gasteiger partial charge in [0, 0.05) is 0 Å². The molecular weight excluding hydrogens is 350 g/mol. The summed E-state index contributed by atoms with van der Waals surface area (Å²) in [5, 5.41) is 24.0. The van der Waals surface area contributed by atoms with Gasteiger partial charge in [-0.05, 0) is 47.4 Å². The van der Waals surface area contributed by atoms with Crippen LogP contribution in [0.15, 0.2) is 48.0 Å². The molecule has 2 aromatic carbocycles. The van der Waals surface area contributed by atoms with Crippen LogP contribution >= 0.6 is 12.6 Å². The maximum atomic E-state index is 12.0. The van der Waals surface area contributed by atoms with Gasteiger partial charge in [-0.15, -0.1) is 12.6 Å². The van der Waals surface area contributed by atoms with Gasteiger partial charge in [-0.1, -0.05) is 24.3 Å². The summed E-state index contributed by atoms with van der Waals surface area (Å²) in [6, 6.07) is 14.1. The van der Waals surface area contributed by atoms with Crippen LogP contribution in [0.1, 0.15) is 21.5 Å². The fraction of sp³-hybridized carbons (Fsp3) is 0.105. The molecule has 3 rings (SSSR count). The Hall–Kier alpha value is -3.24. The third kappa shape index (κ3) is 3.27. The molecule has 2 aromatic rings. The standard InChI is InChI=1S/C19H15N3O3S/c1-10-5-6-13(18(24)25)8-14(10)11-3-2-4-12(7-11)16-15(9-20)17(23)22-19(26)21-16/h2-8,19,21,26H,1H3,(H,22,23)(H,24,25). The molecule has 1 amide bonds. The maximum Gasteiger partial charge on any atom is 0.335 e. The number of amides is 1. The molecule has 1 heterocycles. The number of benzene rings is 2. The van der Waals surface area contributed by atoms with Crippen molar-refractivity contribution in [2.45, 2.75) is 12.4 Å². The Morgan fingerprint density at radius 2 is 1.92 bits per heavy atom. The van der Waals surface area contributed by atoms with E-state index in [0.29, 0.717) is 11.3 Å². The first kappa shape index (κ1) is 17.6. The largest absolute Gasteiger partial charge is 0.478 e. The number of rotatable bonds is 3. The predicted octanol–water partition coefficient (Wildman–Crippen LogP) is 2.53. The number of hydrogen-bond acceptors (Lipinski definition) is 5. The summed E-state index contributed by atoms with van der Waals surface area (Å²) < 4.78 is 0. The van der Waals surface area contributed by atoms with Crippen molar-refractivity contribution < 1.29 is 14.7 Å². The van der Waals surface area contributed by atoms with Gasteiger partial charge < -0.3 is 15.7 Å². The van der Waals surface area contributed by atoms with Gasteiger partial charge in [0.2, 0.25) is 0 Å². The van der Waals surface area contributed by atoms with Crippen LogP contribution in [0, 0.1) is 18.3 Å². The molecule has 1 aliphatic rings. The van der Waals surface area contributed by atoms with Crippen molar-refractivity contribution in [2.75, 3.05) is 0 Å². The monoisotopic (exact) mass is 365 g/mol. The van der Waals surface area contributed by atoms with Crippen LogP contribution in [-0.4, -0.2) is 22.5 Å². The van der Waals surface area contributed by atoms with Crippen LogP contribution in [0.25, 0.3) is 16.8 Å². The summed E-state index contributed by atoms with van der Waals surface area (Å²) in [5.41, 5.74) is 3.09. The molecular formula is C19H15N3O3S. The summed E-state index contributed by atoms with van der Waals surface area (Å²) in [4.78, 5) is 23.3. The average molecular weight is 365 g/mol. The molecule has 7 heteroatoms. The molecule has 26 heavy (non-hydrogen) atoms. The van der Waals surface area contributed by atoms with Crippen molar-refractivity contribution >= 4 is 30.2 Å². The van der Waals surface area contributed by atoms with Gasteiger partial charge >= 0.3 is 5.97 Å². The second-order valence-electron chi connectivity index (χ2n) is 5.80.